The fourth-order valence-corrected chi connectivity index (χ4v) is 2.15. The van der Waals surface area contributed by atoms with E-state index in [4.69, 9.17) is 0 Å². The molecule has 0 saturated heterocycles. The summed E-state index contributed by atoms with van der Waals surface area (Å²) in [7, 11) is 0. The lowest BCUT2D eigenvalue weighted by atomic mass is 10.1. The number of anilines is 1. The van der Waals surface area contributed by atoms with E-state index in [9.17, 15) is 9.18 Å². The number of carbonyl (C=O) groups is 1. The standard InChI is InChI=1S/C17H14FN3O/c18-15-5-1-12(2-6-15)9-17(22)21-16-7-3-13(4-8-16)14-10-19-20-11-14/h1-8,10-11H,9H2,(H,19,20)(H,21,22). The molecule has 1 aromatic heterocycles. The zero-order valence-electron chi connectivity index (χ0n) is 11.7. The molecular formula is C17H14FN3O. The van der Waals surface area contributed by atoms with Crippen molar-refractivity contribution in [1.29, 1.82) is 0 Å². The Morgan fingerprint density at radius 3 is 2.41 bits per heavy atom. The van der Waals surface area contributed by atoms with Crippen molar-refractivity contribution in [3.8, 4) is 11.1 Å². The van der Waals surface area contributed by atoms with Gasteiger partial charge in [0.1, 0.15) is 5.82 Å². The van der Waals surface area contributed by atoms with Gasteiger partial charge in [-0.25, -0.2) is 4.39 Å². The fourth-order valence-electron chi connectivity index (χ4n) is 2.15. The van der Waals surface area contributed by atoms with Crippen LogP contribution < -0.4 is 5.32 Å². The van der Waals surface area contributed by atoms with Gasteiger partial charge in [0.15, 0.2) is 0 Å². The molecule has 0 aliphatic heterocycles. The van der Waals surface area contributed by atoms with E-state index in [0.717, 1.165) is 22.4 Å². The van der Waals surface area contributed by atoms with Crippen molar-refractivity contribution in [2.75, 3.05) is 5.32 Å². The predicted octanol–water partition coefficient (Wildman–Crippen LogP) is 3.40. The van der Waals surface area contributed by atoms with Crippen LogP contribution in [-0.4, -0.2) is 16.1 Å². The van der Waals surface area contributed by atoms with Crippen LogP contribution in [-0.2, 0) is 11.2 Å². The maximum atomic E-state index is 12.8. The van der Waals surface area contributed by atoms with Gasteiger partial charge in [-0.15, -0.1) is 0 Å². The lowest BCUT2D eigenvalue weighted by Crippen LogP contribution is -2.14. The van der Waals surface area contributed by atoms with Crippen LogP contribution in [0.3, 0.4) is 0 Å². The minimum atomic E-state index is -0.306. The van der Waals surface area contributed by atoms with Gasteiger partial charge >= 0.3 is 0 Å². The molecule has 0 aliphatic carbocycles. The summed E-state index contributed by atoms with van der Waals surface area (Å²) in [5.74, 6) is -0.443. The van der Waals surface area contributed by atoms with Crippen LogP contribution in [0.4, 0.5) is 10.1 Å². The minimum absolute atomic E-state index is 0.136. The predicted molar refractivity (Wildman–Crippen MR) is 82.8 cm³/mol. The molecule has 0 atom stereocenters. The van der Waals surface area contributed by atoms with Gasteiger partial charge < -0.3 is 5.32 Å². The van der Waals surface area contributed by atoms with Gasteiger partial charge in [0.2, 0.25) is 5.91 Å². The van der Waals surface area contributed by atoms with Crippen LogP contribution in [0.5, 0.6) is 0 Å². The number of carbonyl (C=O) groups excluding carboxylic acids is 1. The van der Waals surface area contributed by atoms with Crippen LogP contribution >= 0.6 is 0 Å². The fraction of sp³-hybridized carbons (Fsp3) is 0.0588. The van der Waals surface area contributed by atoms with E-state index in [0.29, 0.717) is 0 Å². The van der Waals surface area contributed by atoms with Crippen molar-refractivity contribution in [2.24, 2.45) is 0 Å². The van der Waals surface area contributed by atoms with Crippen molar-refractivity contribution < 1.29 is 9.18 Å². The highest BCUT2D eigenvalue weighted by Crippen LogP contribution is 2.20. The third kappa shape index (κ3) is 3.38. The first-order chi connectivity index (χ1) is 10.7. The Bertz CT molecular complexity index is 750. The van der Waals surface area contributed by atoms with Gasteiger partial charge in [-0.1, -0.05) is 24.3 Å². The summed E-state index contributed by atoms with van der Waals surface area (Å²) in [5.41, 5.74) is 3.50. The average Bonchev–Trinajstić information content (AvgIpc) is 3.05. The second-order valence-corrected chi connectivity index (χ2v) is 4.92. The Labute approximate surface area is 127 Å². The molecule has 22 heavy (non-hydrogen) atoms. The van der Waals surface area contributed by atoms with Crippen LogP contribution in [0.2, 0.25) is 0 Å². The third-order valence-electron chi connectivity index (χ3n) is 3.28. The molecule has 1 amide bonds. The quantitative estimate of drug-likeness (QED) is 0.775. The summed E-state index contributed by atoms with van der Waals surface area (Å²) in [5, 5.41) is 9.48. The molecule has 4 nitrogen and oxygen atoms in total. The summed E-state index contributed by atoms with van der Waals surface area (Å²) in [6, 6.07) is 13.4. The second kappa shape index (κ2) is 6.22. The summed E-state index contributed by atoms with van der Waals surface area (Å²) in [6.07, 6.45) is 3.76. The molecule has 1 heterocycles. The molecule has 0 saturated carbocycles. The zero-order chi connectivity index (χ0) is 15.4. The van der Waals surface area contributed by atoms with E-state index in [1.165, 1.54) is 12.1 Å². The smallest absolute Gasteiger partial charge is 0.228 e. The van der Waals surface area contributed by atoms with Gasteiger partial charge in [-0.2, -0.15) is 5.10 Å². The Morgan fingerprint density at radius 2 is 1.77 bits per heavy atom. The molecule has 2 aromatic carbocycles. The van der Waals surface area contributed by atoms with E-state index in [1.54, 1.807) is 18.3 Å². The maximum Gasteiger partial charge on any atom is 0.228 e. The highest BCUT2D eigenvalue weighted by Gasteiger charge is 2.05. The number of benzene rings is 2. The largest absolute Gasteiger partial charge is 0.326 e. The molecule has 0 aliphatic rings. The highest BCUT2D eigenvalue weighted by atomic mass is 19.1. The molecule has 0 spiro atoms. The Kier molecular flexibility index (Phi) is 3.96. The number of nitrogens with zero attached hydrogens (tertiary/aromatic N) is 1. The van der Waals surface area contributed by atoms with Gasteiger partial charge in [-0.05, 0) is 35.4 Å². The van der Waals surface area contributed by atoms with Gasteiger partial charge in [0, 0.05) is 17.4 Å². The van der Waals surface area contributed by atoms with Crippen molar-refractivity contribution in [3.05, 3.63) is 72.3 Å². The Morgan fingerprint density at radius 1 is 1.05 bits per heavy atom. The molecule has 0 unspecified atom stereocenters. The zero-order valence-corrected chi connectivity index (χ0v) is 11.7. The third-order valence-corrected chi connectivity index (χ3v) is 3.28. The monoisotopic (exact) mass is 295 g/mol. The maximum absolute atomic E-state index is 12.8. The summed E-state index contributed by atoms with van der Waals surface area (Å²) in [4.78, 5) is 12.0. The number of amides is 1. The molecule has 0 fully saturated rings. The normalized spacial score (nSPS) is 10.4. The number of halogens is 1. The van der Waals surface area contributed by atoms with E-state index >= 15 is 0 Å². The van der Waals surface area contributed by atoms with Crippen molar-refractivity contribution >= 4 is 11.6 Å². The molecule has 5 heteroatoms. The number of aromatic nitrogens is 2. The Balaban J connectivity index is 1.63. The molecule has 0 radical (unpaired) electrons. The first-order valence-corrected chi connectivity index (χ1v) is 6.84. The number of hydrogen-bond donors (Lipinski definition) is 2. The highest BCUT2D eigenvalue weighted by molar-refractivity contribution is 5.92. The molecular weight excluding hydrogens is 281 g/mol. The number of nitrogens with one attached hydrogen (secondary N) is 2. The molecule has 3 aromatic rings. The topological polar surface area (TPSA) is 57.8 Å². The van der Waals surface area contributed by atoms with Crippen LogP contribution in [0.25, 0.3) is 11.1 Å². The summed E-state index contributed by atoms with van der Waals surface area (Å²) in [6.45, 7) is 0. The number of hydrogen-bond acceptors (Lipinski definition) is 2. The average molecular weight is 295 g/mol. The lowest BCUT2D eigenvalue weighted by Gasteiger charge is -2.06. The van der Waals surface area contributed by atoms with Gasteiger partial charge in [0.05, 0.1) is 12.6 Å². The number of rotatable bonds is 4. The SMILES string of the molecule is O=C(Cc1ccc(F)cc1)Nc1ccc(-c2cn[nH]c2)cc1. The van der Waals surface area contributed by atoms with E-state index < -0.39 is 0 Å². The van der Waals surface area contributed by atoms with Gasteiger partial charge in [-0.3, -0.25) is 9.89 Å². The molecule has 3 rings (SSSR count). The number of aromatic amines is 1. The lowest BCUT2D eigenvalue weighted by molar-refractivity contribution is -0.115. The van der Waals surface area contributed by atoms with Crippen molar-refractivity contribution in [2.45, 2.75) is 6.42 Å². The van der Waals surface area contributed by atoms with Crippen molar-refractivity contribution in [1.82, 2.24) is 10.2 Å². The molecule has 110 valence electrons. The van der Waals surface area contributed by atoms with E-state index in [2.05, 4.69) is 15.5 Å². The van der Waals surface area contributed by atoms with E-state index in [1.807, 2.05) is 30.5 Å². The molecule has 2 N–H and O–H groups in total. The second-order valence-electron chi connectivity index (χ2n) is 4.92. The minimum Gasteiger partial charge on any atom is -0.326 e. The number of H-pyrrole nitrogens is 1. The van der Waals surface area contributed by atoms with Crippen LogP contribution in [0.1, 0.15) is 5.56 Å². The Hall–Kier alpha value is -2.95. The van der Waals surface area contributed by atoms with Gasteiger partial charge in [0.25, 0.3) is 0 Å². The molecule has 0 bridgehead atoms. The van der Waals surface area contributed by atoms with Crippen LogP contribution in [0.15, 0.2) is 60.9 Å². The summed E-state index contributed by atoms with van der Waals surface area (Å²) < 4.78 is 12.8. The van der Waals surface area contributed by atoms with Crippen LogP contribution in [0, 0.1) is 5.82 Å². The van der Waals surface area contributed by atoms with E-state index in [-0.39, 0.29) is 18.1 Å². The summed E-state index contributed by atoms with van der Waals surface area (Å²) >= 11 is 0. The first kappa shape index (κ1) is 14.0. The first-order valence-electron chi connectivity index (χ1n) is 6.84. The van der Waals surface area contributed by atoms with Crippen molar-refractivity contribution in [3.63, 3.8) is 0 Å².